The summed E-state index contributed by atoms with van der Waals surface area (Å²) in [7, 11) is 0. The van der Waals surface area contributed by atoms with Crippen LogP contribution >= 0.6 is 0 Å². The Bertz CT molecular complexity index is 947. The van der Waals surface area contributed by atoms with Crippen LogP contribution in [-0.4, -0.2) is 34.6 Å². The molecule has 7 nitrogen and oxygen atoms in total. The van der Waals surface area contributed by atoms with E-state index < -0.39 is 35.2 Å². The third kappa shape index (κ3) is 2.36. The molecule has 0 saturated carbocycles. The van der Waals surface area contributed by atoms with Crippen LogP contribution in [0.15, 0.2) is 35.1 Å². The molecule has 25 heavy (non-hydrogen) atoms. The standard InChI is InChI=1S/C16H11F2N3O4/c17-12-9(6-22)5-10-14(13(12)18)25-20-15(10)21-11(7-24-16(21)23)8-1-3-19-4-2-8/h1-6,11,16,23H,7H2. The van der Waals surface area contributed by atoms with Crippen LogP contribution in [0.4, 0.5) is 14.6 Å². The monoisotopic (exact) mass is 347 g/mol. The first kappa shape index (κ1) is 15.6. The Balaban J connectivity index is 1.88. The second-order valence-electron chi connectivity index (χ2n) is 5.46. The Morgan fingerprint density at radius 3 is 2.76 bits per heavy atom. The molecule has 1 N–H and O–H groups in total. The molecule has 0 amide bonds. The number of aromatic nitrogens is 2. The summed E-state index contributed by atoms with van der Waals surface area (Å²) >= 11 is 0. The molecule has 9 heteroatoms. The Kier molecular flexibility index (Phi) is 3.66. The van der Waals surface area contributed by atoms with E-state index in [9.17, 15) is 18.7 Å². The van der Waals surface area contributed by atoms with Crippen molar-refractivity contribution in [2.75, 3.05) is 11.5 Å². The number of benzene rings is 1. The fourth-order valence-corrected chi connectivity index (χ4v) is 2.88. The lowest BCUT2D eigenvalue weighted by Gasteiger charge is -2.24. The molecule has 1 fully saturated rings. The maximum Gasteiger partial charge on any atom is 0.239 e. The van der Waals surface area contributed by atoms with Gasteiger partial charge in [0.1, 0.15) is 0 Å². The van der Waals surface area contributed by atoms with Gasteiger partial charge in [0.25, 0.3) is 0 Å². The number of aliphatic hydroxyl groups is 1. The second kappa shape index (κ2) is 5.87. The van der Waals surface area contributed by atoms with Crippen LogP contribution in [0.1, 0.15) is 22.0 Å². The smallest absolute Gasteiger partial charge is 0.239 e. The number of fused-ring (bicyclic) bond motifs is 1. The van der Waals surface area contributed by atoms with Crippen LogP contribution in [0.25, 0.3) is 11.0 Å². The van der Waals surface area contributed by atoms with Crippen molar-refractivity contribution >= 4 is 23.1 Å². The van der Waals surface area contributed by atoms with Crippen molar-refractivity contribution in [1.82, 2.24) is 10.1 Å². The van der Waals surface area contributed by atoms with Gasteiger partial charge in [0.05, 0.1) is 23.6 Å². The molecule has 2 aromatic heterocycles. The topological polar surface area (TPSA) is 88.7 Å². The van der Waals surface area contributed by atoms with Crippen LogP contribution < -0.4 is 4.90 Å². The third-order valence-electron chi connectivity index (χ3n) is 4.09. The van der Waals surface area contributed by atoms with Crippen LogP contribution in [0.5, 0.6) is 0 Å². The average molecular weight is 347 g/mol. The van der Waals surface area contributed by atoms with Crippen molar-refractivity contribution in [1.29, 1.82) is 0 Å². The maximum absolute atomic E-state index is 14.1. The maximum atomic E-state index is 14.1. The minimum Gasteiger partial charge on any atom is -0.351 e. The number of aliphatic hydroxyl groups excluding tert-OH is 1. The van der Waals surface area contributed by atoms with E-state index in [-0.39, 0.29) is 24.1 Å². The summed E-state index contributed by atoms with van der Waals surface area (Å²) in [6, 6.07) is 4.15. The number of rotatable bonds is 3. The van der Waals surface area contributed by atoms with E-state index in [1.54, 1.807) is 24.5 Å². The van der Waals surface area contributed by atoms with E-state index in [0.29, 0.717) is 0 Å². The highest BCUT2D eigenvalue weighted by Gasteiger charge is 2.38. The molecule has 128 valence electrons. The van der Waals surface area contributed by atoms with E-state index in [0.717, 1.165) is 11.6 Å². The minimum absolute atomic E-state index is 0.0452. The number of carbonyl (C=O) groups excluding carboxylic acids is 1. The number of hydrogen-bond donors (Lipinski definition) is 1. The van der Waals surface area contributed by atoms with E-state index >= 15 is 0 Å². The van der Waals surface area contributed by atoms with Gasteiger partial charge in [-0.25, -0.2) is 4.39 Å². The fraction of sp³-hybridized carbons (Fsp3) is 0.188. The molecule has 4 rings (SSSR count). The van der Waals surface area contributed by atoms with Crippen LogP contribution in [-0.2, 0) is 4.74 Å². The number of hydrogen-bond acceptors (Lipinski definition) is 7. The number of nitrogens with zero attached hydrogens (tertiary/aromatic N) is 3. The predicted octanol–water partition coefficient (Wildman–Crippen LogP) is 2.17. The first-order chi connectivity index (χ1) is 12.1. The average Bonchev–Trinajstić information content (AvgIpc) is 3.22. The first-order valence-electron chi connectivity index (χ1n) is 7.32. The van der Waals surface area contributed by atoms with Gasteiger partial charge in [-0.2, -0.15) is 4.39 Å². The molecule has 1 aliphatic heterocycles. The Labute approximate surface area is 139 Å². The van der Waals surface area contributed by atoms with Crippen LogP contribution in [0.3, 0.4) is 0 Å². The summed E-state index contributed by atoms with van der Waals surface area (Å²) < 4.78 is 38.0. The number of halogens is 2. The van der Waals surface area contributed by atoms with Gasteiger partial charge < -0.3 is 14.4 Å². The van der Waals surface area contributed by atoms with Gasteiger partial charge in [-0.1, -0.05) is 5.16 Å². The molecule has 1 aliphatic rings. The van der Waals surface area contributed by atoms with Gasteiger partial charge in [-0.3, -0.25) is 14.7 Å². The third-order valence-corrected chi connectivity index (χ3v) is 4.09. The van der Waals surface area contributed by atoms with Gasteiger partial charge in [0.15, 0.2) is 17.9 Å². The molecule has 1 aromatic carbocycles. The SMILES string of the molecule is O=Cc1cc2c(N3C(O)OCC3c3ccncc3)noc2c(F)c1F. The summed E-state index contributed by atoms with van der Waals surface area (Å²) in [4.78, 5) is 16.3. The van der Waals surface area contributed by atoms with Crippen molar-refractivity contribution in [2.24, 2.45) is 0 Å². The summed E-state index contributed by atoms with van der Waals surface area (Å²) in [5.74, 6) is -2.58. The van der Waals surface area contributed by atoms with Crippen molar-refractivity contribution < 1.29 is 27.9 Å². The number of carbonyl (C=O) groups is 1. The first-order valence-corrected chi connectivity index (χ1v) is 7.32. The lowest BCUT2D eigenvalue weighted by molar-refractivity contribution is -0.0579. The minimum atomic E-state index is -1.36. The number of ether oxygens (including phenoxy) is 1. The quantitative estimate of drug-likeness (QED) is 0.726. The molecule has 3 heterocycles. The van der Waals surface area contributed by atoms with Crippen LogP contribution in [0, 0.1) is 11.6 Å². The number of pyridine rings is 1. The Morgan fingerprint density at radius 1 is 1.28 bits per heavy atom. The zero-order valence-electron chi connectivity index (χ0n) is 12.6. The van der Waals surface area contributed by atoms with Crippen molar-refractivity contribution in [3.8, 4) is 0 Å². The molecule has 3 aromatic rings. The van der Waals surface area contributed by atoms with Crippen molar-refractivity contribution in [3.63, 3.8) is 0 Å². The number of aldehydes is 1. The van der Waals surface area contributed by atoms with Crippen molar-refractivity contribution in [3.05, 3.63) is 53.4 Å². The summed E-state index contributed by atoms with van der Waals surface area (Å²) in [5, 5.41) is 14.0. The van der Waals surface area contributed by atoms with Gasteiger partial charge in [-0.15, -0.1) is 0 Å². The normalized spacial score (nSPS) is 20.4. The molecule has 0 spiro atoms. The molecule has 2 unspecified atom stereocenters. The lowest BCUT2D eigenvalue weighted by Crippen LogP contribution is -2.32. The molecule has 0 radical (unpaired) electrons. The molecule has 0 bridgehead atoms. The summed E-state index contributed by atoms with van der Waals surface area (Å²) in [5.41, 5.74) is -0.129. The van der Waals surface area contributed by atoms with Gasteiger partial charge in [-0.05, 0) is 23.8 Å². The van der Waals surface area contributed by atoms with Gasteiger partial charge in [0.2, 0.25) is 17.8 Å². The summed E-state index contributed by atoms with van der Waals surface area (Å²) in [6.07, 6.45) is 2.00. The number of anilines is 1. The highest BCUT2D eigenvalue weighted by molar-refractivity contribution is 5.94. The van der Waals surface area contributed by atoms with E-state index in [4.69, 9.17) is 9.26 Å². The van der Waals surface area contributed by atoms with Gasteiger partial charge >= 0.3 is 0 Å². The molecular formula is C16H11F2N3O4. The second-order valence-corrected chi connectivity index (χ2v) is 5.46. The summed E-state index contributed by atoms with van der Waals surface area (Å²) in [6.45, 7) is 0.143. The molecule has 2 atom stereocenters. The van der Waals surface area contributed by atoms with Crippen molar-refractivity contribution in [2.45, 2.75) is 12.5 Å². The Morgan fingerprint density at radius 2 is 2.04 bits per heavy atom. The largest absolute Gasteiger partial charge is 0.351 e. The molecular weight excluding hydrogens is 336 g/mol. The van der Waals surface area contributed by atoms with E-state index in [2.05, 4.69) is 10.1 Å². The fourth-order valence-electron chi connectivity index (χ4n) is 2.88. The highest BCUT2D eigenvalue weighted by Crippen LogP contribution is 2.39. The van der Waals surface area contributed by atoms with Gasteiger partial charge in [0, 0.05) is 12.4 Å². The Hall–Kier alpha value is -2.91. The zero-order valence-corrected chi connectivity index (χ0v) is 12.6. The lowest BCUT2D eigenvalue weighted by atomic mass is 10.1. The highest BCUT2D eigenvalue weighted by atomic mass is 19.2. The molecule has 1 saturated heterocycles. The zero-order chi connectivity index (χ0) is 17.6. The van der Waals surface area contributed by atoms with Crippen LogP contribution in [0.2, 0.25) is 0 Å². The predicted molar refractivity (Wildman–Crippen MR) is 80.7 cm³/mol. The van der Waals surface area contributed by atoms with E-state index in [1.807, 2.05) is 0 Å². The molecule has 0 aliphatic carbocycles. The van der Waals surface area contributed by atoms with E-state index in [1.165, 1.54) is 4.90 Å².